The minimum absolute atomic E-state index is 0.0888. The Morgan fingerprint density at radius 2 is 1.03 bits per heavy atom. The maximum absolute atomic E-state index is 4.29. The van der Waals surface area contributed by atoms with Crippen LogP contribution in [0.4, 0.5) is 0 Å². The molecule has 0 bridgehead atoms. The maximum atomic E-state index is 4.29. The van der Waals surface area contributed by atoms with Gasteiger partial charge in [0, 0.05) is 17.2 Å². The van der Waals surface area contributed by atoms with Crippen LogP contribution in [-0.4, -0.2) is 4.98 Å². The summed E-state index contributed by atoms with van der Waals surface area (Å²) in [5, 5.41) is 2.77. The molecule has 10 rings (SSSR count). The topological polar surface area (TPSA) is 12.9 Å². The highest BCUT2D eigenvalue weighted by atomic mass is 14.7. The molecule has 8 aromatic carbocycles. The molecule has 9 aromatic rings. The van der Waals surface area contributed by atoms with Gasteiger partial charge in [-0.25, -0.2) is 0 Å². The van der Waals surface area contributed by atoms with Crippen LogP contribution in [0.5, 0.6) is 0 Å². The molecule has 0 radical (unpaired) electrons. The summed E-state index contributed by atoms with van der Waals surface area (Å²) in [7, 11) is 0. The zero-order valence-corrected chi connectivity index (χ0v) is 42.2. The highest BCUT2D eigenvalue weighted by Gasteiger charge is 2.36. The van der Waals surface area contributed by atoms with Gasteiger partial charge in [-0.3, -0.25) is 4.98 Å². The molecule has 1 heteroatoms. The minimum atomic E-state index is 0.0888. The second-order valence-electron chi connectivity index (χ2n) is 18.9. The standard InChI is InChI=1S/C21H20.C17H20.C12H11N.2C8H10/c1-13-9-10-17-18(11-13)21(3,4)19-12-14(2)15-7-5-6-8-16(15)20(17)19;1-12(2)15-10-7-11-17(14(15)4)16-9-6-5-8-13(16)3;1-10-5-4-6-11(9-10)12-7-2-3-8-13-12;1-7-3-5-8(2)6-4-7;1-2-8-6-4-3-5-7-8/h5-12H,1-4H3;5-12H,1-4H3;2-9H,1H3;3-6H,1-2H3;3-7H,2H2,1H3. The molecule has 340 valence electrons. The van der Waals surface area contributed by atoms with E-state index in [1.54, 1.807) is 0 Å². The van der Waals surface area contributed by atoms with Crippen molar-refractivity contribution in [3.05, 3.63) is 255 Å². The molecule has 1 nitrogen and oxygen atoms in total. The third-order valence-electron chi connectivity index (χ3n) is 12.9. The molecular weight excluding hydrogens is 807 g/mol. The molecule has 1 heterocycles. The van der Waals surface area contributed by atoms with Crippen LogP contribution < -0.4 is 0 Å². The molecule has 0 fully saturated rings. The Morgan fingerprint density at radius 3 is 1.64 bits per heavy atom. The van der Waals surface area contributed by atoms with Crippen molar-refractivity contribution in [2.24, 2.45) is 0 Å². The fourth-order valence-corrected chi connectivity index (χ4v) is 9.01. The van der Waals surface area contributed by atoms with E-state index in [2.05, 4.69) is 252 Å². The molecule has 0 saturated carbocycles. The molecule has 0 saturated heterocycles. The van der Waals surface area contributed by atoms with Crippen LogP contribution in [0.1, 0.15) is 102 Å². The van der Waals surface area contributed by atoms with Gasteiger partial charge in [0.1, 0.15) is 0 Å². The van der Waals surface area contributed by atoms with Crippen molar-refractivity contribution in [2.45, 2.75) is 101 Å². The number of aromatic nitrogens is 1. The third kappa shape index (κ3) is 12.5. The zero-order chi connectivity index (χ0) is 48.1. The van der Waals surface area contributed by atoms with Gasteiger partial charge in [0.15, 0.2) is 0 Å². The number of nitrogens with zero attached hydrogens (tertiary/aromatic N) is 1. The van der Waals surface area contributed by atoms with Gasteiger partial charge < -0.3 is 0 Å². The molecule has 0 aliphatic heterocycles. The summed E-state index contributed by atoms with van der Waals surface area (Å²) >= 11 is 0. The summed E-state index contributed by atoms with van der Waals surface area (Å²) in [6.07, 6.45) is 2.96. The van der Waals surface area contributed by atoms with E-state index >= 15 is 0 Å². The fraction of sp³-hybridized carbons (Fsp3) is 0.227. The normalized spacial score (nSPS) is 11.6. The number of aryl methyl sites for hydroxylation is 7. The van der Waals surface area contributed by atoms with Gasteiger partial charge in [0.05, 0.1) is 5.69 Å². The quantitative estimate of drug-likeness (QED) is 0.172. The van der Waals surface area contributed by atoms with Crippen molar-refractivity contribution in [1.82, 2.24) is 4.98 Å². The molecule has 0 N–H and O–H groups in total. The van der Waals surface area contributed by atoms with Gasteiger partial charge in [-0.15, -0.1) is 0 Å². The first kappa shape index (κ1) is 49.6. The van der Waals surface area contributed by atoms with Crippen LogP contribution in [0.2, 0.25) is 0 Å². The number of hydrogen-bond acceptors (Lipinski definition) is 1. The molecule has 1 aliphatic carbocycles. The van der Waals surface area contributed by atoms with Gasteiger partial charge in [-0.1, -0.05) is 227 Å². The molecule has 0 spiro atoms. The lowest BCUT2D eigenvalue weighted by Gasteiger charge is -2.22. The molecule has 0 unspecified atom stereocenters. The van der Waals surface area contributed by atoms with E-state index in [1.165, 1.54) is 99.8 Å². The minimum Gasteiger partial charge on any atom is -0.256 e. The largest absolute Gasteiger partial charge is 0.256 e. The van der Waals surface area contributed by atoms with Crippen molar-refractivity contribution in [3.8, 4) is 33.5 Å². The summed E-state index contributed by atoms with van der Waals surface area (Å²) in [4.78, 5) is 4.29. The lowest BCUT2D eigenvalue weighted by molar-refractivity contribution is 0.659. The second-order valence-corrected chi connectivity index (χ2v) is 18.9. The second kappa shape index (κ2) is 23.1. The van der Waals surface area contributed by atoms with Gasteiger partial charge in [-0.05, 0) is 151 Å². The van der Waals surface area contributed by atoms with Crippen molar-refractivity contribution >= 4 is 10.8 Å². The van der Waals surface area contributed by atoms with E-state index < -0.39 is 0 Å². The Hall–Kier alpha value is -6.83. The average molecular weight is 878 g/mol. The Balaban J connectivity index is 0.000000145. The number of benzene rings is 8. The molecule has 0 amide bonds. The fourth-order valence-electron chi connectivity index (χ4n) is 9.01. The zero-order valence-electron chi connectivity index (χ0n) is 42.2. The summed E-state index contributed by atoms with van der Waals surface area (Å²) in [6, 6.07) is 66.6. The van der Waals surface area contributed by atoms with E-state index in [1.807, 2.05) is 30.5 Å². The predicted octanol–water partition coefficient (Wildman–Crippen LogP) is 18.5. The van der Waals surface area contributed by atoms with E-state index in [9.17, 15) is 0 Å². The Bertz CT molecular complexity index is 2970. The third-order valence-corrected chi connectivity index (χ3v) is 12.9. The van der Waals surface area contributed by atoms with Crippen LogP contribution in [-0.2, 0) is 11.8 Å². The molecule has 0 atom stereocenters. The van der Waals surface area contributed by atoms with E-state index in [0.717, 1.165) is 12.1 Å². The van der Waals surface area contributed by atoms with Crippen LogP contribution >= 0.6 is 0 Å². The van der Waals surface area contributed by atoms with Crippen molar-refractivity contribution < 1.29 is 0 Å². The first-order chi connectivity index (χ1) is 32.2. The Morgan fingerprint density at radius 1 is 0.448 bits per heavy atom. The number of rotatable bonds is 4. The molecular formula is C66H71N. The van der Waals surface area contributed by atoms with E-state index in [4.69, 9.17) is 0 Å². The van der Waals surface area contributed by atoms with Crippen molar-refractivity contribution in [2.75, 3.05) is 0 Å². The SMILES string of the molecule is CCc1ccccc1.Cc1ccc(C)cc1.Cc1ccc2c(c1)C(C)(C)c1cc(C)c3ccccc3c1-2.Cc1cccc(-c2ccccn2)c1.Cc1ccccc1-c1cccc(C(C)C)c1C. The monoisotopic (exact) mass is 878 g/mol. The van der Waals surface area contributed by atoms with Gasteiger partial charge in [0.2, 0.25) is 0 Å². The van der Waals surface area contributed by atoms with E-state index in [-0.39, 0.29) is 5.41 Å². The first-order valence-corrected chi connectivity index (χ1v) is 24.0. The lowest BCUT2D eigenvalue weighted by Crippen LogP contribution is -2.15. The average Bonchev–Trinajstić information content (AvgIpc) is 3.56. The van der Waals surface area contributed by atoms with E-state index in [0.29, 0.717) is 5.92 Å². The summed E-state index contributed by atoms with van der Waals surface area (Å²) < 4.78 is 0. The van der Waals surface area contributed by atoms with Crippen LogP contribution in [0.15, 0.2) is 194 Å². The lowest BCUT2D eigenvalue weighted by atomic mass is 9.81. The Kier molecular flexibility index (Phi) is 17.1. The first-order valence-electron chi connectivity index (χ1n) is 24.0. The summed E-state index contributed by atoms with van der Waals surface area (Å²) in [5.74, 6) is 0.582. The molecule has 1 aliphatic rings. The molecule has 1 aromatic heterocycles. The van der Waals surface area contributed by atoms with Crippen molar-refractivity contribution in [1.29, 1.82) is 0 Å². The van der Waals surface area contributed by atoms with Gasteiger partial charge in [-0.2, -0.15) is 0 Å². The van der Waals surface area contributed by atoms with Crippen molar-refractivity contribution in [3.63, 3.8) is 0 Å². The Labute approximate surface area is 403 Å². The number of hydrogen-bond donors (Lipinski definition) is 0. The van der Waals surface area contributed by atoms with Gasteiger partial charge in [0.25, 0.3) is 0 Å². The highest BCUT2D eigenvalue weighted by Crippen LogP contribution is 2.52. The summed E-state index contributed by atoms with van der Waals surface area (Å²) in [6.45, 7) is 26.5. The predicted molar refractivity (Wildman–Crippen MR) is 293 cm³/mol. The number of fused-ring (bicyclic) bond motifs is 5. The molecule has 67 heavy (non-hydrogen) atoms. The van der Waals surface area contributed by atoms with Gasteiger partial charge >= 0.3 is 0 Å². The summed E-state index contributed by atoms with van der Waals surface area (Å²) in [5.41, 5.74) is 23.1. The van der Waals surface area contributed by atoms with Crippen LogP contribution in [0.25, 0.3) is 44.3 Å². The smallest absolute Gasteiger partial charge is 0.0702 e. The highest BCUT2D eigenvalue weighted by molar-refractivity contribution is 6.03. The maximum Gasteiger partial charge on any atom is 0.0702 e. The number of pyridine rings is 1. The van der Waals surface area contributed by atoms with Crippen LogP contribution in [0, 0.1) is 48.5 Å². The van der Waals surface area contributed by atoms with Crippen LogP contribution in [0.3, 0.4) is 0 Å².